The van der Waals surface area contributed by atoms with E-state index in [-0.39, 0.29) is 23.4 Å². The van der Waals surface area contributed by atoms with Crippen LogP contribution < -0.4 is 10.6 Å². The Morgan fingerprint density at radius 3 is 2.84 bits per heavy atom. The van der Waals surface area contributed by atoms with E-state index in [2.05, 4.69) is 50.5 Å². The molecule has 2 unspecified atom stereocenters. The molecular weight excluding hydrogens is 256 g/mol. The first-order valence-corrected chi connectivity index (χ1v) is 7.82. The molecule has 1 fully saturated rings. The van der Waals surface area contributed by atoms with Crippen LogP contribution in [0.15, 0.2) is 12.1 Å². The fourth-order valence-electron chi connectivity index (χ4n) is 2.71. The van der Waals surface area contributed by atoms with Crippen LogP contribution in [-0.4, -0.2) is 18.5 Å². The smallest absolute Gasteiger partial charge is 0.238 e. The van der Waals surface area contributed by atoms with Gasteiger partial charge < -0.3 is 10.6 Å². The van der Waals surface area contributed by atoms with Crippen LogP contribution in [0.3, 0.4) is 0 Å². The van der Waals surface area contributed by atoms with Crippen LogP contribution in [0.2, 0.25) is 0 Å². The van der Waals surface area contributed by atoms with Crippen LogP contribution >= 0.6 is 11.3 Å². The standard InChI is InChI=1S/C15H24N2OS/c1-10-6-7-12(19-10)11(2)17-14(18)13-15(3,4)8-5-9-16-13/h6-7,11,13,16H,5,8-9H2,1-4H3,(H,17,18). The lowest BCUT2D eigenvalue weighted by Crippen LogP contribution is -2.55. The van der Waals surface area contributed by atoms with Gasteiger partial charge in [0, 0.05) is 9.75 Å². The fraction of sp³-hybridized carbons (Fsp3) is 0.667. The summed E-state index contributed by atoms with van der Waals surface area (Å²) in [6, 6.07) is 4.21. The monoisotopic (exact) mass is 280 g/mol. The topological polar surface area (TPSA) is 41.1 Å². The van der Waals surface area contributed by atoms with Gasteiger partial charge in [0.15, 0.2) is 0 Å². The third-order valence-corrected chi connectivity index (χ3v) is 5.12. The van der Waals surface area contributed by atoms with Crippen LogP contribution in [0.5, 0.6) is 0 Å². The molecule has 0 saturated carbocycles. The molecule has 0 aliphatic carbocycles. The van der Waals surface area contributed by atoms with Crippen molar-refractivity contribution < 1.29 is 4.79 Å². The molecule has 0 bridgehead atoms. The number of carbonyl (C=O) groups excluding carboxylic acids is 1. The van der Waals surface area contributed by atoms with E-state index >= 15 is 0 Å². The number of aryl methyl sites for hydroxylation is 1. The molecule has 2 rings (SSSR count). The summed E-state index contributed by atoms with van der Waals surface area (Å²) in [5.74, 6) is 0.128. The van der Waals surface area contributed by atoms with E-state index in [9.17, 15) is 4.79 Å². The maximum Gasteiger partial charge on any atom is 0.238 e. The molecule has 1 saturated heterocycles. The molecule has 0 radical (unpaired) electrons. The zero-order chi connectivity index (χ0) is 14.0. The predicted molar refractivity (Wildman–Crippen MR) is 80.4 cm³/mol. The second-order valence-electron chi connectivity index (χ2n) is 6.16. The molecule has 0 aromatic carbocycles. The number of hydrogen-bond donors (Lipinski definition) is 2. The first-order valence-electron chi connectivity index (χ1n) is 7.00. The van der Waals surface area contributed by atoms with Gasteiger partial charge in [0.1, 0.15) is 0 Å². The molecule has 106 valence electrons. The van der Waals surface area contributed by atoms with E-state index in [4.69, 9.17) is 0 Å². The minimum absolute atomic E-state index is 0.0351. The zero-order valence-corrected chi connectivity index (χ0v) is 13.1. The van der Waals surface area contributed by atoms with Crippen molar-refractivity contribution >= 4 is 17.2 Å². The van der Waals surface area contributed by atoms with E-state index in [1.54, 1.807) is 11.3 Å². The van der Waals surface area contributed by atoms with Gasteiger partial charge in [-0.2, -0.15) is 0 Å². The zero-order valence-electron chi connectivity index (χ0n) is 12.2. The molecule has 1 aromatic rings. The van der Waals surface area contributed by atoms with Gasteiger partial charge in [0.05, 0.1) is 12.1 Å². The summed E-state index contributed by atoms with van der Waals surface area (Å²) in [4.78, 5) is 14.9. The van der Waals surface area contributed by atoms with Crippen molar-refractivity contribution in [2.45, 2.75) is 52.6 Å². The molecular formula is C15H24N2OS. The van der Waals surface area contributed by atoms with Crippen LogP contribution in [-0.2, 0) is 4.79 Å². The minimum atomic E-state index is -0.0789. The number of piperidine rings is 1. The van der Waals surface area contributed by atoms with Crippen molar-refractivity contribution in [1.29, 1.82) is 0 Å². The first-order chi connectivity index (χ1) is 8.90. The molecule has 19 heavy (non-hydrogen) atoms. The maximum atomic E-state index is 12.4. The average Bonchev–Trinajstić information content (AvgIpc) is 2.75. The summed E-state index contributed by atoms with van der Waals surface area (Å²) in [7, 11) is 0. The molecule has 3 nitrogen and oxygen atoms in total. The Morgan fingerprint density at radius 2 is 2.26 bits per heavy atom. The Balaban J connectivity index is 2.00. The Labute approximate surface area is 119 Å². The lowest BCUT2D eigenvalue weighted by atomic mass is 9.77. The van der Waals surface area contributed by atoms with Crippen LogP contribution in [0.1, 0.15) is 49.4 Å². The van der Waals surface area contributed by atoms with E-state index < -0.39 is 0 Å². The van der Waals surface area contributed by atoms with Crippen molar-refractivity contribution in [3.63, 3.8) is 0 Å². The van der Waals surface area contributed by atoms with Crippen molar-refractivity contribution in [3.05, 3.63) is 21.9 Å². The van der Waals surface area contributed by atoms with E-state index in [1.807, 2.05) is 0 Å². The number of amides is 1. The maximum absolute atomic E-state index is 12.4. The van der Waals surface area contributed by atoms with Crippen LogP contribution in [0, 0.1) is 12.3 Å². The lowest BCUT2D eigenvalue weighted by Gasteiger charge is -2.38. The molecule has 1 aliphatic heterocycles. The van der Waals surface area contributed by atoms with Crippen LogP contribution in [0.25, 0.3) is 0 Å². The summed E-state index contributed by atoms with van der Waals surface area (Å²) in [5, 5.41) is 6.51. The summed E-state index contributed by atoms with van der Waals surface area (Å²) >= 11 is 1.75. The van der Waals surface area contributed by atoms with Gasteiger partial charge in [-0.3, -0.25) is 4.79 Å². The summed E-state index contributed by atoms with van der Waals surface area (Å²) in [6.07, 6.45) is 2.25. The Morgan fingerprint density at radius 1 is 1.53 bits per heavy atom. The highest BCUT2D eigenvalue weighted by Crippen LogP contribution is 2.31. The predicted octanol–water partition coefficient (Wildman–Crippen LogP) is 3.01. The highest BCUT2D eigenvalue weighted by Gasteiger charge is 2.37. The second kappa shape index (κ2) is 5.63. The SMILES string of the molecule is Cc1ccc(C(C)NC(=O)C2NCCCC2(C)C)s1. The Bertz CT molecular complexity index is 453. The number of carbonyl (C=O) groups is 1. The largest absolute Gasteiger partial charge is 0.347 e. The van der Waals surface area contributed by atoms with Crippen LogP contribution in [0.4, 0.5) is 0 Å². The average molecular weight is 280 g/mol. The van der Waals surface area contributed by atoms with E-state index in [1.165, 1.54) is 9.75 Å². The summed E-state index contributed by atoms with van der Waals surface area (Å²) < 4.78 is 0. The van der Waals surface area contributed by atoms with Gasteiger partial charge >= 0.3 is 0 Å². The third kappa shape index (κ3) is 3.37. The fourth-order valence-corrected chi connectivity index (χ4v) is 3.59. The Kier molecular flexibility index (Phi) is 4.31. The molecule has 0 spiro atoms. The minimum Gasteiger partial charge on any atom is -0.347 e. The molecule has 4 heteroatoms. The van der Waals surface area contributed by atoms with Gasteiger partial charge in [-0.15, -0.1) is 11.3 Å². The van der Waals surface area contributed by atoms with Gasteiger partial charge in [0.2, 0.25) is 5.91 Å². The van der Waals surface area contributed by atoms with Gasteiger partial charge in [-0.25, -0.2) is 0 Å². The normalized spacial score (nSPS) is 23.9. The number of thiophene rings is 1. The number of nitrogens with one attached hydrogen (secondary N) is 2. The van der Waals surface area contributed by atoms with Crippen molar-refractivity contribution in [2.24, 2.45) is 5.41 Å². The van der Waals surface area contributed by atoms with Crippen molar-refractivity contribution in [3.8, 4) is 0 Å². The van der Waals surface area contributed by atoms with Gasteiger partial charge in [-0.1, -0.05) is 13.8 Å². The van der Waals surface area contributed by atoms with Crippen molar-refractivity contribution in [1.82, 2.24) is 10.6 Å². The van der Waals surface area contributed by atoms with Gasteiger partial charge in [-0.05, 0) is 50.8 Å². The first kappa shape index (κ1) is 14.5. The highest BCUT2D eigenvalue weighted by molar-refractivity contribution is 7.12. The van der Waals surface area contributed by atoms with Crippen molar-refractivity contribution in [2.75, 3.05) is 6.54 Å². The number of hydrogen-bond acceptors (Lipinski definition) is 3. The molecule has 2 atom stereocenters. The second-order valence-corrected chi connectivity index (χ2v) is 7.48. The highest BCUT2D eigenvalue weighted by atomic mass is 32.1. The molecule has 1 aromatic heterocycles. The molecule has 2 N–H and O–H groups in total. The lowest BCUT2D eigenvalue weighted by molar-refractivity contribution is -0.127. The Hall–Kier alpha value is -0.870. The van der Waals surface area contributed by atoms with Gasteiger partial charge in [0.25, 0.3) is 0 Å². The summed E-state index contributed by atoms with van der Waals surface area (Å²) in [6.45, 7) is 9.42. The van der Waals surface area contributed by atoms with E-state index in [0.717, 1.165) is 19.4 Å². The summed E-state index contributed by atoms with van der Waals surface area (Å²) in [5.41, 5.74) is 0.0351. The quantitative estimate of drug-likeness (QED) is 0.893. The third-order valence-electron chi connectivity index (χ3n) is 3.94. The molecule has 1 amide bonds. The number of rotatable bonds is 3. The molecule has 2 heterocycles. The van der Waals surface area contributed by atoms with E-state index in [0.29, 0.717) is 0 Å². The molecule has 1 aliphatic rings.